The predicted molar refractivity (Wildman–Crippen MR) is 106 cm³/mol. The molecule has 0 radical (unpaired) electrons. The quantitative estimate of drug-likeness (QED) is 0.667. The van der Waals surface area contributed by atoms with Crippen LogP contribution in [0.25, 0.3) is 0 Å². The lowest BCUT2D eigenvalue weighted by Crippen LogP contribution is -2.32. The molecule has 0 unspecified atom stereocenters. The Labute approximate surface area is 163 Å². The normalized spacial score (nSPS) is 13.6. The second kappa shape index (κ2) is 8.56. The van der Waals surface area contributed by atoms with Crippen LogP contribution in [-0.2, 0) is 16.1 Å². The van der Waals surface area contributed by atoms with E-state index in [-0.39, 0.29) is 24.0 Å². The molecule has 2 amide bonds. The van der Waals surface area contributed by atoms with E-state index in [0.717, 1.165) is 29.9 Å². The fraction of sp³-hybridized carbons (Fsp3) is 0.474. The number of carbonyl (C=O) groups excluding carboxylic acids is 2. The fourth-order valence-corrected chi connectivity index (χ4v) is 3.88. The molecule has 0 atom stereocenters. The van der Waals surface area contributed by atoms with Gasteiger partial charge in [-0.3, -0.25) is 9.59 Å². The Morgan fingerprint density at radius 3 is 2.67 bits per heavy atom. The van der Waals surface area contributed by atoms with Gasteiger partial charge in [0.05, 0.1) is 5.75 Å². The van der Waals surface area contributed by atoms with Gasteiger partial charge in [0.2, 0.25) is 11.8 Å². The highest BCUT2D eigenvalue weighted by Gasteiger charge is 2.30. The summed E-state index contributed by atoms with van der Waals surface area (Å²) in [5, 5.41) is 9.22. The molecule has 0 bridgehead atoms. The van der Waals surface area contributed by atoms with Gasteiger partial charge in [-0.25, -0.2) is 0 Å². The second-order valence-corrected chi connectivity index (χ2v) is 7.64. The second-order valence-electron chi connectivity index (χ2n) is 6.70. The highest BCUT2D eigenvalue weighted by molar-refractivity contribution is 7.99. The Kier molecular flexibility index (Phi) is 6.15. The minimum atomic E-state index is -0.353. The third-order valence-electron chi connectivity index (χ3n) is 4.62. The summed E-state index contributed by atoms with van der Waals surface area (Å²) in [6.45, 7) is 5.03. The molecule has 0 spiro atoms. The molecule has 1 aromatic carbocycles. The molecule has 1 aliphatic carbocycles. The molecular formula is C19H25N5O2S. The molecule has 8 heteroatoms. The van der Waals surface area contributed by atoms with Crippen LogP contribution in [0.3, 0.4) is 0 Å². The van der Waals surface area contributed by atoms with E-state index in [1.54, 1.807) is 4.90 Å². The number of nitrogens with zero attached hydrogens (tertiary/aromatic N) is 4. The number of rotatable bonds is 9. The van der Waals surface area contributed by atoms with Gasteiger partial charge in [0.25, 0.3) is 0 Å². The molecule has 1 aliphatic rings. The number of para-hydroxylation sites is 1. The number of hydrogen-bond donors (Lipinski definition) is 1. The maximum atomic E-state index is 12.8. The van der Waals surface area contributed by atoms with Gasteiger partial charge in [0.1, 0.15) is 5.82 Å². The Bertz CT molecular complexity index is 831. The van der Waals surface area contributed by atoms with Crippen LogP contribution in [0.4, 0.5) is 5.69 Å². The Hall–Kier alpha value is -2.35. The standard InChI is InChI=1S/C19H25N5O2S/c1-3-23(15-7-5-4-6-13(15)2)17(26)12-27-19-22-21-18(14-8-9-14)24(19)11-10-16(20)25/h4-7,14H,3,8-12H2,1-2H3,(H2,20,25). The summed E-state index contributed by atoms with van der Waals surface area (Å²) in [7, 11) is 0. The van der Waals surface area contributed by atoms with Crippen molar-refractivity contribution in [3.05, 3.63) is 35.7 Å². The number of amides is 2. The highest BCUT2D eigenvalue weighted by Crippen LogP contribution is 2.40. The zero-order valence-electron chi connectivity index (χ0n) is 15.7. The van der Waals surface area contributed by atoms with Crippen molar-refractivity contribution in [2.75, 3.05) is 17.2 Å². The summed E-state index contributed by atoms with van der Waals surface area (Å²) < 4.78 is 1.95. The van der Waals surface area contributed by atoms with E-state index in [4.69, 9.17) is 5.73 Å². The van der Waals surface area contributed by atoms with Crippen molar-refractivity contribution in [1.82, 2.24) is 14.8 Å². The first-order valence-electron chi connectivity index (χ1n) is 9.21. The van der Waals surface area contributed by atoms with Gasteiger partial charge in [0.15, 0.2) is 5.16 Å². The van der Waals surface area contributed by atoms with Crippen LogP contribution >= 0.6 is 11.8 Å². The van der Waals surface area contributed by atoms with Gasteiger partial charge >= 0.3 is 0 Å². The van der Waals surface area contributed by atoms with Gasteiger partial charge in [-0.2, -0.15) is 0 Å². The number of thioether (sulfide) groups is 1. The number of nitrogens with two attached hydrogens (primary N) is 1. The Morgan fingerprint density at radius 2 is 2.04 bits per heavy atom. The zero-order valence-corrected chi connectivity index (χ0v) is 16.5. The van der Waals surface area contributed by atoms with Crippen LogP contribution in [0.2, 0.25) is 0 Å². The molecule has 0 aliphatic heterocycles. The summed E-state index contributed by atoms with van der Waals surface area (Å²) >= 11 is 1.36. The lowest BCUT2D eigenvalue weighted by atomic mass is 10.2. The summed E-state index contributed by atoms with van der Waals surface area (Å²) in [4.78, 5) is 25.8. The van der Waals surface area contributed by atoms with E-state index in [0.29, 0.717) is 24.2 Å². The molecule has 1 aromatic heterocycles. The van der Waals surface area contributed by atoms with E-state index in [1.165, 1.54) is 11.8 Å². The highest BCUT2D eigenvalue weighted by atomic mass is 32.2. The third kappa shape index (κ3) is 4.68. The van der Waals surface area contributed by atoms with Crippen molar-refractivity contribution in [2.45, 2.75) is 50.7 Å². The average molecular weight is 388 g/mol. The SMILES string of the molecule is CCN(C(=O)CSc1nnc(C2CC2)n1CCC(N)=O)c1ccccc1C. The van der Waals surface area contributed by atoms with Crippen LogP contribution in [0, 0.1) is 6.92 Å². The smallest absolute Gasteiger partial charge is 0.237 e. The molecule has 1 heterocycles. The van der Waals surface area contributed by atoms with Crippen molar-refractivity contribution in [1.29, 1.82) is 0 Å². The number of aromatic nitrogens is 3. The van der Waals surface area contributed by atoms with Gasteiger partial charge < -0.3 is 15.2 Å². The maximum Gasteiger partial charge on any atom is 0.237 e. The first-order chi connectivity index (χ1) is 13.0. The van der Waals surface area contributed by atoms with Gasteiger partial charge in [-0.15, -0.1) is 10.2 Å². The molecule has 3 rings (SSSR count). The predicted octanol–water partition coefficient (Wildman–Crippen LogP) is 2.48. The summed E-state index contributed by atoms with van der Waals surface area (Å²) in [6.07, 6.45) is 2.42. The van der Waals surface area contributed by atoms with E-state index in [2.05, 4.69) is 10.2 Å². The van der Waals surface area contributed by atoms with Crippen LogP contribution in [0.5, 0.6) is 0 Å². The number of carbonyl (C=O) groups is 2. The van der Waals surface area contributed by atoms with Crippen LogP contribution in [0.1, 0.15) is 43.5 Å². The number of aryl methyl sites for hydroxylation is 1. The minimum Gasteiger partial charge on any atom is -0.370 e. The lowest BCUT2D eigenvalue weighted by Gasteiger charge is -2.22. The summed E-state index contributed by atoms with van der Waals surface area (Å²) in [5.74, 6) is 1.25. The average Bonchev–Trinajstić information content (AvgIpc) is 3.41. The summed E-state index contributed by atoms with van der Waals surface area (Å²) in [5.41, 5.74) is 7.30. The molecule has 2 N–H and O–H groups in total. The zero-order chi connectivity index (χ0) is 19.4. The molecular weight excluding hydrogens is 362 g/mol. The Morgan fingerprint density at radius 1 is 1.30 bits per heavy atom. The first-order valence-corrected chi connectivity index (χ1v) is 10.2. The van der Waals surface area contributed by atoms with E-state index >= 15 is 0 Å². The topological polar surface area (TPSA) is 94.1 Å². The van der Waals surface area contributed by atoms with Crippen molar-refractivity contribution in [2.24, 2.45) is 5.73 Å². The Balaban J connectivity index is 1.71. The number of benzene rings is 1. The van der Waals surface area contributed by atoms with Crippen LogP contribution in [0.15, 0.2) is 29.4 Å². The minimum absolute atomic E-state index is 0.0224. The molecule has 1 fully saturated rings. The van der Waals surface area contributed by atoms with Crippen molar-refractivity contribution in [3.63, 3.8) is 0 Å². The maximum absolute atomic E-state index is 12.8. The lowest BCUT2D eigenvalue weighted by molar-refractivity contribution is -0.118. The van der Waals surface area contributed by atoms with Crippen molar-refractivity contribution < 1.29 is 9.59 Å². The fourth-order valence-electron chi connectivity index (χ4n) is 3.03. The van der Waals surface area contributed by atoms with Gasteiger partial charge in [-0.05, 0) is 38.3 Å². The monoisotopic (exact) mass is 387 g/mol. The molecule has 27 heavy (non-hydrogen) atoms. The molecule has 144 valence electrons. The van der Waals surface area contributed by atoms with Crippen LogP contribution in [-0.4, -0.2) is 38.9 Å². The van der Waals surface area contributed by atoms with Gasteiger partial charge in [0, 0.05) is 31.1 Å². The molecule has 7 nitrogen and oxygen atoms in total. The number of hydrogen-bond acceptors (Lipinski definition) is 5. The number of anilines is 1. The molecule has 1 saturated carbocycles. The van der Waals surface area contributed by atoms with Crippen molar-refractivity contribution in [3.8, 4) is 0 Å². The van der Waals surface area contributed by atoms with Crippen molar-refractivity contribution >= 4 is 29.3 Å². The van der Waals surface area contributed by atoms with Crippen LogP contribution < -0.4 is 10.6 Å². The molecule has 0 saturated heterocycles. The summed E-state index contributed by atoms with van der Waals surface area (Å²) in [6, 6.07) is 7.86. The molecule has 2 aromatic rings. The van der Waals surface area contributed by atoms with Gasteiger partial charge in [-0.1, -0.05) is 30.0 Å². The third-order valence-corrected chi connectivity index (χ3v) is 5.57. The van der Waals surface area contributed by atoms with E-state index in [1.807, 2.05) is 42.7 Å². The largest absolute Gasteiger partial charge is 0.370 e. The first kappa shape index (κ1) is 19.4. The van der Waals surface area contributed by atoms with E-state index in [9.17, 15) is 9.59 Å². The van der Waals surface area contributed by atoms with E-state index < -0.39 is 0 Å². The number of primary amides is 1.